The van der Waals surface area contributed by atoms with E-state index in [1.54, 1.807) is 18.0 Å². The van der Waals surface area contributed by atoms with Crippen LogP contribution in [0.15, 0.2) is 53.4 Å². The molecule has 0 atom stereocenters. The van der Waals surface area contributed by atoms with Gasteiger partial charge in [-0.15, -0.1) is 0 Å². The molecule has 0 saturated heterocycles. The van der Waals surface area contributed by atoms with Gasteiger partial charge in [-0.2, -0.15) is 0 Å². The number of benzene rings is 2. The van der Waals surface area contributed by atoms with Crippen molar-refractivity contribution in [2.45, 2.75) is 11.4 Å². The summed E-state index contributed by atoms with van der Waals surface area (Å²) in [4.78, 5) is 1.14. The Balaban J connectivity index is 1.91. The molecule has 16 heavy (non-hydrogen) atoms. The van der Waals surface area contributed by atoms with Crippen LogP contribution in [0.4, 0.5) is 10.1 Å². The van der Waals surface area contributed by atoms with Gasteiger partial charge < -0.3 is 4.31 Å². The summed E-state index contributed by atoms with van der Waals surface area (Å²) in [6.45, 7) is 0.766. The van der Waals surface area contributed by atoms with Crippen molar-refractivity contribution < 1.29 is 4.39 Å². The van der Waals surface area contributed by atoms with E-state index in [0.717, 1.165) is 22.7 Å². The van der Waals surface area contributed by atoms with Gasteiger partial charge in [0, 0.05) is 10.6 Å². The quantitative estimate of drug-likeness (QED) is 0.686. The standard InChI is InChI=1S/C13H10FNS/c14-11-6-7-13-10(8-11)9-15(16-13)12-4-2-1-3-5-12/h1-8H,9H2. The van der Waals surface area contributed by atoms with Gasteiger partial charge in [0.15, 0.2) is 0 Å². The molecule has 80 valence electrons. The molecule has 0 radical (unpaired) electrons. The summed E-state index contributed by atoms with van der Waals surface area (Å²) in [5, 5.41) is 0. The Hall–Kier alpha value is -1.48. The lowest BCUT2D eigenvalue weighted by molar-refractivity contribution is 0.624. The van der Waals surface area contributed by atoms with Crippen molar-refractivity contribution in [3.8, 4) is 0 Å². The zero-order chi connectivity index (χ0) is 11.0. The highest BCUT2D eigenvalue weighted by Gasteiger charge is 2.20. The summed E-state index contributed by atoms with van der Waals surface area (Å²) in [7, 11) is 0. The van der Waals surface area contributed by atoms with E-state index in [9.17, 15) is 4.39 Å². The average Bonchev–Trinajstić information content (AvgIpc) is 2.73. The monoisotopic (exact) mass is 231 g/mol. The summed E-state index contributed by atoms with van der Waals surface area (Å²) < 4.78 is 15.2. The van der Waals surface area contributed by atoms with Crippen LogP contribution in [0, 0.1) is 5.82 Å². The van der Waals surface area contributed by atoms with Gasteiger partial charge in [-0.3, -0.25) is 0 Å². The van der Waals surface area contributed by atoms with Crippen LogP contribution in [0.1, 0.15) is 5.56 Å². The van der Waals surface area contributed by atoms with E-state index >= 15 is 0 Å². The van der Waals surface area contributed by atoms with Crippen LogP contribution in [0.3, 0.4) is 0 Å². The lowest BCUT2D eigenvalue weighted by Crippen LogP contribution is -2.06. The number of halogens is 1. The molecule has 0 fully saturated rings. The Morgan fingerprint density at radius 2 is 1.88 bits per heavy atom. The smallest absolute Gasteiger partial charge is 0.123 e. The van der Waals surface area contributed by atoms with Gasteiger partial charge in [0.2, 0.25) is 0 Å². The lowest BCUT2D eigenvalue weighted by Gasteiger charge is -2.15. The third kappa shape index (κ3) is 1.67. The van der Waals surface area contributed by atoms with Crippen LogP contribution < -0.4 is 4.31 Å². The average molecular weight is 231 g/mol. The molecule has 0 bridgehead atoms. The maximum atomic E-state index is 13.1. The van der Waals surface area contributed by atoms with Gasteiger partial charge in [-0.05, 0) is 47.8 Å². The van der Waals surface area contributed by atoms with Gasteiger partial charge in [0.05, 0.1) is 6.54 Å². The van der Waals surface area contributed by atoms with E-state index in [2.05, 4.69) is 16.4 Å². The minimum atomic E-state index is -0.158. The molecule has 0 unspecified atom stereocenters. The zero-order valence-electron chi connectivity index (χ0n) is 8.56. The molecular formula is C13H10FNS. The minimum absolute atomic E-state index is 0.158. The van der Waals surface area contributed by atoms with Crippen molar-refractivity contribution in [3.63, 3.8) is 0 Å². The van der Waals surface area contributed by atoms with Crippen molar-refractivity contribution in [2.24, 2.45) is 0 Å². The Kier molecular flexibility index (Phi) is 2.33. The number of nitrogens with zero attached hydrogens (tertiary/aromatic N) is 1. The molecule has 3 rings (SSSR count). The second-order valence-electron chi connectivity index (χ2n) is 3.72. The molecule has 2 aromatic rings. The SMILES string of the molecule is Fc1ccc2c(c1)CN(c1ccccc1)S2. The fraction of sp³-hybridized carbons (Fsp3) is 0.0769. The minimum Gasteiger partial charge on any atom is -0.308 e. The second kappa shape index (κ2) is 3.83. The molecule has 0 spiro atoms. The fourth-order valence-corrected chi connectivity index (χ4v) is 2.84. The van der Waals surface area contributed by atoms with E-state index in [0.29, 0.717) is 0 Å². The number of hydrogen-bond acceptors (Lipinski definition) is 2. The molecule has 0 aromatic heterocycles. The summed E-state index contributed by atoms with van der Waals surface area (Å²) >= 11 is 1.66. The van der Waals surface area contributed by atoms with Crippen LogP contribution in [-0.2, 0) is 6.54 Å². The molecule has 1 aliphatic heterocycles. The Morgan fingerprint density at radius 1 is 1.06 bits per heavy atom. The molecule has 2 aromatic carbocycles. The molecule has 1 heterocycles. The van der Waals surface area contributed by atoms with E-state index < -0.39 is 0 Å². The third-order valence-corrected chi connectivity index (χ3v) is 3.74. The van der Waals surface area contributed by atoms with E-state index in [4.69, 9.17) is 0 Å². The molecule has 0 saturated carbocycles. The highest BCUT2D eigenvalue weighted by atomic mass is 32.2. The predicted octanol–water partition coefficient (Wildman–Crippen LogP) is 3.85. The number of rotatable bonds is 1. The number of para-hydroxylation sites is 1. The van der Waals surface area contributed by atoms with Crippen molar-refractivity contribution in [3.05, 3.63) is 59.9 Å². The summed E-state index contributed by atoms with van der Waals surface area (Å²) in [6, 6.07) is 15.1. The van der Waals surface area contributed by atoms with Crippen molar-refractivity contribution >= 4 is 17.6 Å². The van der Waals surface area contributed by atoms with E-state index in [1.807, 2.05) is 24.3 Å². The fourth-order valence-electron chi connectivity index (χ4n) is 1.80. The Labute approximate surface area is 98.0 Å². The van der Waals surface area contributed by atoms with Crippen molar-refractivity contribution in [1.82, 2.24) is 0 Å². The molecular weight excluding hydrogens is 221 g/mol. The van der Waals surface area contributed by atoms with Crippen molar-refractivity contribution in [2.75, 3.05) is 4.31 Å². The van der Waals surface area contributed by atoms with Gasteiger partial charge in [-0.25, -0.2) is 4.39 Å². The van der Waals surface area contributed by atoms with E-state index in [1.165, 1.54) is 6.07 Å². The molecule has 0 amide bonds. The first-order chi connectivity index (χ1) is 7.83. The summed E-state index contributed by atoms with van der Waals surface area (Å²) in [6.07, 6.45) is 0. The Bertz CT molecular complexity index is 513. The number of hydrogen-bond donors (Lipinski definition) is 0. The van der Waals surface area contributed by atoms with E-state index in [-0.39, 0.29) is 5.82 Å². The molecule has 0 aliphatic carbocycles. The van der Waals surface area contributed by atoms with Crippen LogP contribution >= 0.6 is 11.9 Å². The van der Waals surface area contributed by atoms with Crippen molar-refractivity contribution in [1.29, 1.82) is 0 Å². The molecule has 0 N–H and O–H groups in total. The molecule has 3 heteroatoms. The van der Waals surface area contributed by atoms with Crippen LogP contribution in [0.25, 0.3) is 0 Å². The summed E-state index contributed by atoms with van der Waals surface area (Å²) in [5.74, 6) is -0.158. The highest BCUT2D eigenvalue weighted by molar-refractivity contribution is 8.01. The summed E-state index contributed by atoms with van der Waals surface area (Å²) in [5.41, 5.74) is 2.22. The van der Waals surface area contributed by atoms with Gasteiger partial charge in [0.1, 0.15) is 5.82 Å². The molecule has 1 aliphatic rings. The maximum Gasteiger partial charge on any atom is 0.123 e. The topological polar surface area (TPSA) is 3.24 Å². The first-order valence-electron chi connectivity index (χ1n) is 5.12. The second-order valence-corrected chi connectivity index (χ2v) is 4.78. The zero-order valence-corrected chi connectivity index (χ0v) is 9.38. The first kappa shape index (κ1) is 9.73. The highest BCUT2D eigenvalue weighted by Crippen LogP contribution is 2.39. The normalized spacial score (nSPS) is 13.9. The van der Waals surface area contributed by atoms with Gasteiger partial charge in [-0.1, -0.05) is 18.2 Å². The van der Waals surface area contributed by atoms with Gasteiger partial charge in [0.25, 0.3) is 0 Å². The van der Waals surface area contributed by atoms with Crippen LogP contribution in [-0.4, -0.2) is 0 Å². The number of anilines is 1. The van der Waals surface area contributed by atoms with Gasteiger partial charge >= 0.3 is 0 Å². The number of fused-ring (bicyclic) bond motifs is 1. The molecule has 1 nitrogen and oxygen atoms in total. The van der Waals surface area contributed by atoms with Crippen LogP contribution in [0.2, 0.25) is 0 Å². The first-order valence-corrected chi connectivity index (χ1v) is 5.89. The third-order valence-electron chi connectivity index (χ3n) is 2.59. The predicted molar refractivity (Wildman–Crippen MR) is 64.9 cm³/mol. The largest absolute Gasteiger partial charge is 0.308 e. The lowest BCUT2D eigenvalue weighted by atomic mass is 10.2. The Morgan fingerprint density at radius 3 is 2.69 bits per heavy atom. The maximum absolute atomic E-state index is 13.1. The van der Waals surface area contributed by atoms with Crippen LogP contribution in [0.5, 0.6) is 0 Å².